The SMILES string of the molecule is O=C(Nc1ccc2c(c1)OC1(CCCC1)O2)c1ccccc1OCC1CCCO1. The van der Waals surface area contributed by atoms with Crippen LogP contribution in [0.2, 0.25) is 0 Å². The Morgan fingerprint density at radius 3 is 2.72 bits per heavy atom. The van der Waals surface area contributed by atoms with E-state index in [9.17, 15) is 4.79 Å². The van der Waals surface area contributed by atoms with E-state index in [0.717, 1.165) is 50.9 Å². The Balaban J connectivity index is 1.28. The summed E-state index contributed by atoms with van der Waals surface area (Å²) in [7, 11) is 0. The Morgan fingerprint density at radius 1 is 1.07 bits per heavy atom. The van der Waals surface area contributed by atoms with Crippen molar-refractivity contribution in [2.75, 3.05) is 18.5 Å². The van der Waals surface area contributed by atoms with Crippen LogP contribution in [-0.4, -0.2) is 31.0 Å². The summed E-state index contributed by atoms with van der Waals surface area (Å²) in [4.78, 5) is 12.9. The lowest BCUT2D eigenvalue weighted by Gasteiger charge is -2.21. The minimum atomic E-state index is -0.506. The third kappa shape index (κ3) is 3.77. The summed E-state index contributed by atoms with van der Waals surface area (Å²) < 4.78 is 23.6. The minimum absolute atomic E-state index is 0.0999. The molecule has 6 heteroatoms. The van der Waals surface area contributed by atoms with Gasteiger partial charge in [-0.05, 0) is 49.9 Å². The van der Waals surface area contributed by atoms with Crippen molar-refractivity contribution in [2.45, 2.75) is 50.4 Å². The number of para-hydroxylation sites is 1. The molecule has 2 aromatic rings. The van der Waals surface area contributed by atoms with Crippen molar-refractivity contribution in [1.29, 1.82) is 0 Å². The number of ether oxygens (including phenoxy) is 4. The average molecular weight is 395 g/mol. The van der Waals surface area contributed by atoms with E-state index < -0.39 is 5.79 Å². The lowest BCUT2D eigenvalue weighted by molar-refractivity contribution is -0.0716. The van der Waals surface area contributed by atoms with Crippen molar-refractivity contribution in [3.8, 4) is 17.2 Å². The highest BCUT2D eigenvalue weighted by Gasteiger charge is 2.44. The zero-order valence-corrected chi connectivity index (χ0v) is 16.3. The van der Waals surface area contributed by atoms with Crippen LogP contribution < -0.4 is 19.5 Å². The fourth-order valence-electron chi connectivity index (χ4n) is 4.23. The normalized spacial score (nSPS) is 21.4. The van der Waals surface area contributed by atoms with Gasteiger partial charge in [-0.3, -0.25) is 4.79 Å². The smallest absolute Gasteiger partial charge is 0.259 e. The van der Waals surface area contributed by atoms with E-state index >= 15 is 0 Å². The van der Waals surface area contributed by atoms with Crippen molar-refractivity contribution in [3.05, 3.63) is 48.0 Å². The molecule has 0 bridgehead atoms. The molecule has 152 valence electrons. The fraction of sp³-hybridized carbons (Fsp3) is 0.435. The van der Waals surface area contributed by atoms with Gasteiger partial charge in [0, 0.05) is 31.2 Å². The van der Waals surface area contributed by atoms with Gasteiger partial charge in [0.1, 0.15) is 12.4 Å². The summed E-state index contributed by atoms with van der Waals surface area (Å²) in [5.41, 5.74) is 1.16. The molecule has 1 saturated heterocycles. The lowest BCUT2D eigenvalue weighted by atomic mass is 10.1. The molecule has 3 aliphatic rings. The topological polar surface area (TPSA) is 66.0 Å². The van der Waals surface area contributed by atoms with Gasteiger partial charge in [0.25, 0.3) is 11.7 Å². The molecule has 2 aliphatic heterocycles. The lowest BCUT2D eigenvalue weighted by Crippen LogP contribution is -2.34. The van der Waals surface area contributed by atoms with Crippen molar-refractivity contribution >= 4 is 11.6 Å². The number of anilines is 1. The molecule has 1 unspecified atom stereocenters. The Bertz CT molecular complexity index is 900. The maximum atomic E-state index is 12.9. The molecular weight excluding hydrogens is 370 g/mol. The third-order valence-electron chi connectivity index (χ3n) is 5.74. The predicted octanol–water partition coefficient (Wildman–Crippen LogP) is 4.54. The van der Waals surface area contributed by atoms with Crippen LogP contribution >= 0.6 is 0 Å². The Hall–Kier alpha value is -2.73. The van der Waals surface area contributed by atoms with E-state index in [1.54, 1.807) is 6.07 Å². The van der Waals surface area contributed by atoms with Crippen molar-refractivity contribution in [3.63, 3.8) is 0 Å². The summed E-state index contributed by atoms with van der Waals surface area (Å²) in [6.07, 6.45) is 6.18. The largest absolute Gasteiger partial charge is 0.490 e. The van der Waals surface area contributed by atoms with Crippen LogP contribution in [0.1, 0.15) is 48.9 Å². The molecule has 2 fully saturated rings. The number of benzene rings is 2. The van der Waals surface area contributed by atoms with Crippen LogP contribution in [0.15, 0.2) is 42.5 Å². The maximum absolute atomic E-state index is 12.9. The second-order valence-electron chi connectivity index (χ2n) is 7.88. The van der Waals surface area contributed by atoms with Crippen LogP contribution in [0.3, 0.4) is 0 Å². The summed E-state index contributed by atoms with van der Waals surface area (Å²) in [6.45, 7) is 1.23. The second kappa shape index (κ2) is 7.59. The first kappa shape index (κ1) is 18.3. The van der Waals surface area contributed by atoms with Gasteiger partial charge in [-0.2, -0.15) is 0 Å². The summed E-state index contributed by atoms with van der Waals surface area (Å²) in [6, 6.07) is 12.8. The number of hydrogen-bond donors (Lipinski definition) is 1. The monoisotopic (exact) mass is 395 g/mol. The molecular formula is C23H25NO5. The molecule has 0 radical (unpaired) electrons. The van der Waals surface area contributed by atoms with E-state index in [2.05, 4.69) is 5.32 Å². The first-order valence-electron chi connectivity index (χ1n) is 10.4. The molecule has 1 atom stereocenters. The van der Waals surface area contributed by atoms with Gasteiger partial charge >= 0.3 is 0 Å². The van der Waals surface area contributed by atoms with Gasteiger partial charge in [0.2, 0.25) is 0 Å². The standard InChI is InChI=1S/C23H25NO5/c25-22(18-7-1-2-8-19(18)27-15-17-6-5-13-26-17)24-16-9-10-20-21(14-16)29-23(28-20)11-3-4-12-23/h1-2,7-10,14,17H,3-6,11-13,15H2,(H,24,25). The summed E-state index contributed by atoms with van der Waals surface area (Å²) in [5, 5.41) is 2.95. The maximum Gasteiger partial charge on any atom is 0.259 e. The van der Waals surface area contributed by atoms with Crippen LogP contribution in [0, 0.1) is 0 Å². The van der Waals surface area contributed by atoms with E-state index in [-0.39, 0.29) is 12.0 Å². The highest BCUT2D eigenvalue weighted by Crippen LogP contribution is 2.47. The number of nitrogens with one attached hydrogen (secondary N) is 1. The number of amides is 1. The molecule has 2 aromatic carbocycles. The Morgan fingerprint density at radius 2 is 1.90 bits per heavy atom. The van der Waals surface area contributed by atoms with E-state index in [1.165, 1.54) is 0 Å². The Labute approximate surface area is 170 Å². The van der Waals surface area contributed by atoms with Crippen molar-refractivity contribution < 1.29 is 23.7 Å². The number of carbonyl (C=O) groups excluding carboxylic acids is 1. The van der Waals surface area contributed by atoms with E-state index in [0.29, 0.717) is 29.4 Å². The molecule has 29 heavy (non-hydrogen) atoms. The molecule has 0 aromatic heterocycles. The number of carbonyl (C=O) groups is 1. The second-order valence-corrected chi connectivity index (χ2v) is 7.88. The van der Waals surface area contributed by atoms with Gasteiger partial charge in [-0.15, -0.1) is 0 Å². The first-order chi connectivity index (χ1) is 14.2. The van der Waals surface area contributed by atoms with Crippen molar-refractivity contribution in [2.24, 2.45) is 0 Å². The molecule has 1 spiro atoms. The number of fused-ring (bicyclic) bond motifs is 1. The zero-order chi connectivity index (χ0) is 19.7. The molecule has 2 heterocycles. The quantitative estimate of drug-likeness (QED) is 0.805. The van der Waals surface area contributed by atoms with Gasteiger partial charge in [-0.25, -0.2) is 0 Å². The molecule has 6 nitrogen and oxygen atoms in total. The summed E-state index contributed by atoms with van der Waals surface area (Å²) in [5.74, 6) is 1.26. The van der Waals surface area contributed by atoms with Gasteiger partial charge in [0.15, 0.2) is 11.5 Å². The summed E-state index contributed by atoms with van der Waals surface area (Å²) >= 11 is 0. The van der Waals surface area contributed by atoms with Gasteiger partial charge < -0.3 is 24.3 Å². The Kier molecular flexibility index (Phi) is 4.79. The van der Waals surface area contributed by atoms with E-state index in [1.807, 2.05) is 36.4 Å². The van der Waals surface area contributed by atoms with Crippen LogP contribution in [0.4, 0.5) is 5.69 Å². The minimum Gasteiger partial charge on any atom is -0.490 e. The predicted molar refractivity (Wildman–Crippen MR) is 108 cm³/mol. The molecule has 1 aliphatic carbocycles. The van der Waals surface area contributed by atoms with Crippen molar-refractivity contribution in [1.82, 2.24) is 0 Å². The van der Waals surface area contributed by atoms with Crippen LogP contribution in [0.5, 0.6) is 17.2 Å². The van der Waals surface area contributed by atoms with Crippen LogP contribution in [-0.2, 0) is 4.74 Å². The molecule has 5 rings (SSSR count). The molecule has 1 saturated carbocycles. The zero-order valence-electron chi connectivity index (χ0n) is 16.3. The van der Waals surface area contributed by atoms with Gasteiger partial charge in [-0.1, -0.05) is 12.1 Å². The third-order valence-corrected chi connectivity index (χ3v) is 5.74. The fourth-order valence-corrected chi connectivity index (χ4v) is 4.23. The number of hydrogen-bond acceptors (Lipinski definition) is 5. The molecule has 1 amide bonds. The van der Waals surface area contributed by atoms with E-state index in [4.69, 9.17) is 18.9 Å². The average Bonchev–Trinajstić information content (AvgIpc) is 3.48. The molecule has 1 N–H and O–H groups in total. The highest BCUT2D eigenvalue weighted by molar-refractivity contribution is 6.06. The number of rotatable bonds is 5. The first-order valence-corrected chi connectivity index (χ1v) is 10.4. The highest BCUT2D eigenvalue weighted by atomic mass is 16.7. The van der Waals surface area contributed by atoms with Gasteiger partial charge in [0.05, 0.1) is 11.7 Å². The van der Waals surface area contributed by atoms with Crippen LogP contribution in [0.25, 0.3) is 0 Å².